The van der Waals surface area contributed by atoms with Crippen molar-refractivity contribution < 1.29 is 22.7 Å². The number of carbonyl (C=O) groups is 1. The van der Waals surface area contributed by atoms with Gasteiger partial charge in [-0.15, -0.1) is 0 Å². The van der Waals surface area contributed by atoms with Crippen LogP contribution < -0.4 is 14.4 Å². The van der Waals surface area contributed by atoms with Crippen molar-refractivity contribution in [1.29, 1.82) is 0 Å². The van der Waals surface area contributed by atoms with Crippen LogP contribution in [0.4, 0.5) is 5.69 Å². The molecule has 2 aromatic carbocycles. The second-order valence-electron chi connectivity index (χ2n) is 12.1. The van der Waals surface area contributed by atoms with Crippen LogP contribution in [0.5, 0.6) is 5.75 Å². The predicted octanol–water partition coefficient (Wildman–Crippen LogP) is 5.79. The van der Waals surface area contributed by atoms with Gasteiger partial charge in [-0.25, -0.2) is 13.1 Å². The molecule has 1 fully saturated rings. The molecule has 7 nitrogen and oxygen atoms in total. The summed E-state index contributed by atoms with van der Waals surface area (Å²) in [6, 6.07) is 11.2. The van der Waals surface area contributed by atoms with Gasteiger partial charge in [-0.05, 0) is 105 Å². The Bertz CT molecular complexity index is 1440. The second-order valence-corrected chi connectivity index (χ2v) is 14.3. The third-order valence-corrected chi connectivity index (χ3v) is 11.1. The standard InChI is InChI=1S/C32H39ClN2O5S/c1-39-29-8-4-2-3-5-9-31(36)34-41(37,38)25-12-15-30-28(18-25)35(19-23-10-13-26(23)29)20-32(21-40-30)16-6-7-22-17-24(33)11-14-27(22)32/h4,8,11-12,14-15,17-18,23,26,29H,2-3,5-7,9-10,13,16,19-21H2,1H3,(H,34,36)/t23-,26+,29+,32-/m0/s1. The predicted molar refractivity (Wildman–Crippen MR) is 160 cm³/mol. The van der Waals surface area contributed by atoms with Crippen LogP contribution >= 0.6 is 11.6 Å². The molecule has 41 heavy (non-hydrogen) atoms. The number of fused-ring (bicyclic) bond motifs is 4. The molecular formula is C32H39ClN2O5S. The number of hydrogen-bond acceptors (Lipinski definition) is 6. The van der Waals surface area contributed by atoms with Gasteiger partial charge in [-0.3, -0.25) is 4.79 Å². The first-order valence-electron chi connectivity index (χ1n) is 14.8. The number of hydrogen-bond donors (Lipinski definition) is 1. The summed E-state index contributed by atoms with van der Waals surface area (Å²) in [4.78, 5) is 15.0. The molecule has 2 aromatic rings. The molecule has 1 amide bonds. The van der Waals surface area contributed by atoms with Crippen molar-refractivity contribution in [3.8, 4) is 5.75 Å². The van der Waals surface area contributed by atoms with Crippen LogP contribution in [-0.4, -0.2) is 47.2 Å². The topological polar surface area (TPSA) is 84.9 Å². The number of aryl methyl sites for hydroxylation is 1. The van der Waals surface area contributed by atoms with Gasteiger partial charge in [-0.2, -0.15) is 0 Å². The number of ether oxygens (including phenoxy) is 2. The highest BCUT2D eigenvalue weighted by Crippen LogP contribution is 2.47. The first-order chi connectivity index (χ1) is 19.8. The SMILES string of the molecule is CO[C@@H]1C=CCCCCC(=O)NS(=O)(=O)c2ccc3c(c2)N(C[C@@H]2CC[C@H]21)C[C@@]1(CCCc2cc(Cl)ccc21)CO3. The van der Waals surface area contributed by atoms with Crippen molar-refractivity contribution in [3.63, 3.8) is 0 Å². The van der Waals surface area contributed by atoms with Crippen LogP contribution in [0.3, 0.4) is 0 Å². The number of rotatable bonds is 1. The number of anilines is 1. The summed E-state index contributed by atoms with van der Waals surface area (Å²) in [5.74, 6) is 0.982. The zero-order valence-electron chi connectivity index (χ0n) is 23.6. The molecule has 0 saturated heterocycles. The minimum atomic E-state index is -4.02. The molecule has 0 radical (unpaired) electrons. The first-order valence-corrected chi connectivity index (χ1v) is 16.7. The van der Waals surface area contributed by atoms with Crippen molar-refractivity contribution in [1.82, 2.24) is 4.72 Å². The van der Waals surface area contributed by atoms with Gasteiger partial charge in [0.15, 0.2) is 0 Å². The van der Waals surface area contributed by atoms with Gasteiger partial charge in [0.25, 0.3) is 10.0 Å². The second kappa shape index (κ2) is 11.6. The largest absolute Gasteiger partial charge is 0.490 e. The summed E-state index contributed by atoms with van der Waals surface area (Å²) < 4.78 is 41.4. The molecule has 4 aliphatic rings. The number of nitrogens with one attached hydrogen (secondary N) is 1. The summed E-state index contributed by atoms with van der Waals surface area (Å²) in [5, 5.41) is 0.743. The van der Waals surface area contributed by atoms with E-state index < -0.39 is 15.9 Å². The molecule has 220 valence electrons. The Kier molecular flexibility index (Phi) is 8.09. The van der Waals surface area contributed by atoms with Crippen LogP contribution in [0.25, 0.3) is 0 Å². The maximum absolute atomic E-state index is 13.3. The first kappa shape index (κ1) is 28.6. The molecule has 9 heteroatoms. The summed E-state index contributed by atoms with van der Waals surface area (Å²) in [6.45, 7) is 1.99. The van der Waals surface area contributed by atoms with E-state index in [2.05, 4.69) is 33.9 Å². The van der Waals surface area contributed by atoms with E-state index in [1.54, 1.807) is 25.3 Å². The van der Waals surface area contributed by atoms with E-state index in [0.29, 0.717) is 37.2 Å². The van der Waals surface area contributed by atoms with Gasteiger partial charge in [0.2, 0.25) is 5.91 Å². The number of methoxy groups -OCH3 is 1. The maximum atomic E-state index is 13.3. The number of amides is 1. The number of halogens is 1. The van der Waals surface area contributed by atoms with E-state index >= 15 is 0 Å². The Labute approximate surface area is 248 Å². The lowest BCUT2D eigenvalue weighted by Crippen LogP contribution is -2.49. The molecule has 2 bridgehead atoms. The highest BCUT2D eigenvalue weighted by atomic mass is 35.5. The van der Waals surface area contributed by atoms with Gasteiger partial charge in [-0.1, -0.05) is 29.8 Å². The lowest BCUT2D eigenvalue weighted by Gasteiger charge is -2.46. The third-order valence-electron chi connectivity index (χ3n) is 9.54. The van der Waals surface area contributed by atoms with E-state index in [-0.39, 0.29) is 22.8 Å². The lowest BCUT2D eigenvalue weighted by atomic mass is 9.68. The van der Waals surface area contributed by atoms with Crippen molar-refractivity contribution in [2.24, 2.45) is 11.8 Å². The van der Waals surface area contributed by atoms with Gasteiger partial charge in [0, 0.05) is 37.1 Å². The van der Waals surface area contributed by atoms with Gasteiger partial charge in [0.05, 0.1) is 23.3 Å². The molecular weight excluding hydrogens is 560 g/mol. The van der Waals surface area contributed by atoms with Crippen LogP contribution in [0.1, 0.15) is 62.5 Å². The fourth-order valence-corrected chi connectivity index (χ4v) is 8.46. The van der Waals surface area contributed by atoms with Crippen LogP contribution in [-0.2, 0) is 31.4 Å². The summed E-state index contributed by atoms with van der Waals surface area (Å²) >= 11 is 6.39. The number of carbonyl (C=O) groups excluding carboxylic acids is 1. The molecule has 1 N–H and O–H groups in total. The molecule has 0 unspecified atom stereocenters. The zero-order chi connectivity index (χ0) is 28.6. The molecule has 0 aromatic heterocycles. The Hall–Kier alpha value is -2.55. The smallest absolute Gasteiger partial charge is 0.264 e. The fourth-order valence-electron chi connectivity index (χ4n) is 7.23. The summed E-state index contributed by atoms with van der Waals surface area (Å²) in [6.07, 6.45) is 12.0. The van der Waals surface area contributed by atoms with Gasteiger partial charge < -0.3 is 14.4 Å². The molecule has 2 heterocycles. The number of nitrogens with zero attached hydrogens (tertiary/aromatic N) is 1. The average molecular weight is 599 g/mol. The molecule has 2 aliphatic carbocycles. The molecule has 6 rings (SSSR count). The van der Waals surface area contributed by atoms with Gasteiger partial charge in [0.1, 0.15) is 5.75 Å². The molecule has 2 aliphatic heterocycles. The van der Waals surface area contributed by atoms with E-state index in [9.17, 15) is 13.2 Å². The Morgan fingerprint density at radius 3 is 2.78 bits per heavy atom. The normalized spacial score (nSPS) is 29.7. The molecule has 1 spiro atoms. The minimum Gasteiger partial charge on any atom is -0.490 e. The van der Waals surface area contributed by atoms with Crippen molar-refractivity contribution in [2.45, 2.75) is 74.2 Å². The maximum Gasteiger partial charge on any atom is 0.264 e. The van der Waals surface area contributed by atoms with Crippen LogP contribution in [0.15, 0.2) is 53.4 Å². The monoisotopic (exact) mass is 598 g/mol. The van der Waals surface area contributed by atoms with Gasteiger partial charge >= 0.3 is 0 Å². The van der Waals surface area contributed by atoms with Crippen LogP contribution in [0, 0.1) is 11.8 Å². The fraction of sp³-hybridized carbons (Fsp3) is 0.531. The summed E-state index contributed by atoms with van der Waals surface area (Å²) in [5.41, 5.74) is 3.05. The Morgan fingerprint density at radius 2 is 1.98 bits per heavy atom. The number of allylic oxidation sites excluding steroid dienone is 1. The highest BCUT2D eigenvalue weighted by Gasteiger charge is 2.44. The number of benzene rings is 2. The highest BCUT2D eigenvalue weighted by molar-refractivity contribution is 7.90. The van der Waals surface area contributed by atoms with E-state index in [4.69, 9.17) is 21.1 Å². The van der Waals surface area contributed by atoms with Crippen molar-refractivity contribution in [3.05, 3.63) is 64.7 Å². The third kappa shape index (κ3) is 5.75. The van der Waals surface area contributed by atoms with E-state index in [0.717, 1.165) is 62.2 Å². The van der Waals surface area contributed by atoms with E-state index in [1.165, 1.54) is 11.1 Å². The zero-order valence-corrected chi connectivity index (χ0v) is 25.2. The minimum absolute atomic E-state index is 0.0358. The Balaban J connectivity index is 1.42. The van der Waals surface area contributed by atoms with Crippen LogP contribution in [0.2, 0.25) is 5.02 Å². The van der Waals surface area contributed by atoms with Crippen molar-refractivity contribution in [2.75, 3.05) is 31.7 Å². The Morgan fingerprint density at radius 1 is 1.10 bits per heavy atom. The summed E-state index contributed by atoms with van der Waals surface area (Å²) in [7, 11) is -2.24. The molecule has 1 saturated carbocycles. The van der Waals surface area contributed by atoms with Crippen molar-refractivity contribution >= 4 is 33.2 Å². The quantitative estimate of drug-likeness (QED) is 0.418. The van der Waals surface area contributed by atoms with E-state index in [1.807, 2.05) is 6.07 Å². The number of sulfonamides is 1. The lowest BCUT2D eigenvalue weighted by molar-refractivity contribution is -0.119. The molecule has 4 atom stereocenters. The average Bonchev–Trinajstić information content (AvgIpc) is 3.08.